The number of hydrogen-bond donors (Lipinski definition) is 6. The smallest absolute Gasteiger partial charge is 0.315 e. The van der Waals surface area contributed by atoms with E-state index < -0.39 is 41.4 Å². The molecule has 0 spiro atoms. The van der Waals surface area contributed by atoms with E-state index >= 15 is 0 Å². The Hall–Kier alpha value is -3.87. The van der Waals surface area contributed by atoms with Crippen LogP contribution >= 0.6 is 0 Å². The van der Waals surface area contributed by atoms with E-state index in [0.717, 1.165) is 5.56 Å². The first-order chi connectivity index (χ1) is 18.7. The molecule has 0 fully saturated rings. The lowest BCUT2D eigenvalue weighted by molar-refractivity contribution is -0.154. The molecule has 1 aromatic carbocycles. The molecule has 0 aromatic heterocycles. The SMILES string of the molecule is CCOCCCNC(=O)NC(C(=O)NC(CNC(N)=O)C(=O)Nc1ccc(COC(=O)C(C)(C)C)cc1)C(C)C. The number of carbonyl (C=O) groups excluding carboxylic acids is 5. The second-order valence-corrected chi connectivity index (χ2v) is 10.5. The van der Waals surface area contributed by atoms with Crippen molar-refractivity contribution >= 4 is 35.5 Å². The number of hydrogen-bond acceptors (Lipinski definition) is 7. The van der Waals surface area contributed by atoms with Crippen molar-refractivity contribution in [2.45, 2.75) is 66.7 Å². The fraction of sp³-hybridized carbons (Fsp3) is 0.593. The average Bonchev–Trinajstić information content (AvgIpc) is 2.87. The van der Waals surface area contributed by atoms with Crippen molar-refractivity contribution in [3.63, 3.8) is 0 Å². The fourth-order valence-electron chi connectivity index (χ4n) is 3.20. The number of benzene rings is 1. The normalized spacial score (nSPS) is 12.6. The third kappa shape index (κ3) is 13.3. The zero-order chi connectivity index (χ0) is 30.3. The summed E-state index contributed by atoms with van der Waals surface area (Å²) < 4.78 is 10.5. The van der Waals surface area contributed by atoms with Gasteiger partial charge in [-0.1, -0.05) is 26.0 Å². The summed E-state index contributed by atoms with van der Waals surface area (Å²) in [5.74, 6) is -1.86. The Labute approximate surface area is 235 Å². The molecule has 0 aliphatic heterocycles. The lowest BCUT2D eigenvalue weighted by Crippen LogP contribution is -2.58. The molecule has 2 unspecified atom stereocenters. The van der Waals surface area contributed by atoms with Crippen molar-refractivity contribution in [3.05, 3.63) is 29.8 Å². The number of anilines is 1. The quantitative estimate of drug-likeness (QED) is 0.138. The number of amides is 6. The van der Waals surface area contributed by atoms with Crippen molar-refractivity contribution in [2.24, 2.45) is 17.1 Å². The summed E-state index contributed by atoms with van der Waals surface area (Å²) >= 11 is 0. The van der Waals surface area contributed by atoms with Gasteiger partial charge in [0.1, 0.15) is 18.7 Å². The fourth-order valence-corrected chi connectivity index (χ4v) is 3.20. The van der Waals surface area contributed by atoms with E-state index in [1.54, 1.807) is 58.9 Å². The number of primary amides is 1. The van der Waals surface area contributed by atoms with Gasteiger partial charge in [0.25, 0.3) is 0 Å². The summed E-state index contributed by atoms with van der Waals surface area (Å²) in [6.07, 6.45) is 0.615. The molecule has 13 heteroatoms. The molecule has 0 saturated carbocycles. The van der Waals surface area contributed by atoms with Crippen LogP contribution in [0.3, 0.4) is 0 Å². The van der Waals surface area contributed by atoms with Crippen LogP contribution in [0, 0.1) is 11.3 Å². The van der Waals surface area contributed by atoms with Crippen molar-refractivity contribution in [1.82, 2.24) is 21.3 Å². The lowest BCUT2D eigenvalue weighted by Gasteiger charge is -2.25. The van der Waals surface area contributed by atoms with Crippen LogP contribution in [0.1, 0.15) is 53.5 Å². The van der Waals surface area contributed by atoms with Crippen molar-refractivity contribution in [1.29, 1.82) is 0 Å². The molecule has 6 amide bonds. The number of urea groups is 2. The highest BCUT2D eigenvalue weighted by Crippen LogP contribution is 2.17. The Morgan fingerprint density at radius 2 is 1.60 bits per heavy atom. The van der Waals surface area contributed by atoms with Gasteiger partial charge in [0.05, 0.1) is 5.41 Å². The number of esters is 1. The molecule has 1 aromatic rings. The molecule has 2 atom stereocenters. The predicted molar refractivity (Wildman–Crippen MR) is 150 cm³/mol. The molecule has 224 valence electrons. The standard InChI is InChI=1S/C27H44N6O7/c1-7-39-14-8-13-29-26(38)33-21(17(2)3)23(35)32-20(15-30-25(28)37)22(34)31-19-11-9-18(10-12-19)16-40-24(36)27(4,5)6/h9-12,17,20-21H,7-8,13-16H2,1-6H3,(H,31,34)(H,32,35)(H3,28,30,37)(H2,29,33,38). The maximum atomic E-state index is 13.1. The number of carbonyl (C=O) groups is 5. The topological polar surface area (TPSA) is 190 Å². The summed E-state index contributed by atoms with van der Waals surface area (Å²) in [5, 5.41) is 12.9. The van der Waals surface area contributed by atoms with Crippen LogP contribution in [0.15, 0.2) is 24.3 Å². The molecule has 0 aliphatic carbocycles. The Morgan fingerprint density at radius 3 is 2.15 bits per heavy atom. The van der Waals surface area contributed by atoms with Crippen molar-refractivity contribution < 1.29 is 33.4 Å². The molecule has 13 nitrogen and oxygen atoms in total. The van der Waals surface area contributed by atoms with Crippen LogP contribution in [0.2, 0.25) is 0 Å². The van der Waals surface area contributed by atoms with Gasteiger partial charge in [0.15, 0.2) is 0 Å². The van der Waals surface area contributed by atoms with Gasteiger partial charge < -0.3 is 41.8 Å². The number of rotatable bonds is 15. The second kappa shape index (κ2) is 17.0. The van der Waals surface area contributed by atoms with Gasteiger partial charge in [-0.25, -0.2) is 9.59 Å². The van der Waals surface area contributed by atoms with Gasteiger partial charge in [-0.05, 0) is 57.7 Å². The highest BCUT2D eigenvalue weighted by molar-refractivity contribution is 5.98. The highest BCUT2D eigenvalue weighted by atomic mass is 16.5. The maximum absolute atomic E-state index is 13.1. The monoisotopic (exact) mass is 564 g/mol. The number of nitrogens with two attached hydrogens (primary N) is 1. The van der Waals surface area contributed by atoms with E-state index in [1.807, 2.05) is 6.92 Å². The molecular weight excluding hydrogens is 520 g/mol. The van der Waals surface area contributed by atoms with Crippen LogP contribution in [-0.2, 0) is 30.5 Å². The molecule has 0 aliphatic rings. The third-order valence-corrected chi connectivity index (χ3v) is 5.51. The van der Waals surface area contributed by atoms with Gasteiger partial charge in [-0.15, -0.1) is 0 Å². The van der Waals surface area contributed by atoms with Crippen molar-refractivity contribution in [3.8, 4) is 0 Å². The molecule has 0 radical (unpaired) electrons. The van der Waals surface area contributed by atoms with Crippen LogP contribution < -0.4 is 32.3 Å². The van der Waals surface area contributed by atoms with Crippen molar-refractivity contribution in [2.75, 3.05) is 31.6 Å². The molecule has 7 N–H and O–H groups in total. The Morgan fingerprint density at radius 1 is 0.950 bits per heavy atom. The highest BCUT2D eigenvalue weighted by Gasteiger charge is 2.29. The number of ether oxygens (including phenoxy) is 2. The van der Waals surface area contributed by atoms with Gasteiger partial charge in [-0.2, -0.15) is 0 Å². The molecule has 0 saturated heterocycles. The summed E-state index contributed by atoms with van der Waals surface area (Å²) in [5.41, 5.74) is 5.68. The third-order valence-electron chi connectivity index (χ3n) is 5.51. The molecular formula is C27H44N6O7. The molecule has 40 heavy (non-hydrogen) atoms. The minimum atomic E-state index is -1.19. The average molecular weight is 565 g/mol. The zero-order valence-corrected chi connectivity index (χ0v) is 24.2. The van der Waals surface area contributed by atoms with Crippen LogP contribution in [0.4, 0.5) is 15.3 Å². The first kappa shape index (κ1) is 34.2. The summed E-state index contributed by atoms with van der Waals surface area (Å²) in [7, 11) is 0. The summed E-state index contributed by atoms with van der Waals surface area (Å²) in [4.78, 5) is 61.6. The molecule has 0 heterocycles. The minimum absolute atomic E-state index is 0.0786. The maximum Gasteiger partial charge on any atom is 0.315 e. The van der Waals surface area contributed by atoms with E-state index in [4.69, 9.17) is 15.2 Å². The van der Waals surface area contributed by atoms with Gasteiger partial charge in [-0.3, -0.25) is 14.4 Å². The second-order valence-electron chi connectivity index (χ2n) is 10.5. The predicted octanol–water partition coefficient (Wildman–Crippen LogP) is 1.62. The first-order valence-electron chi connectivity index (χ1n) is 13.3. The van der Waals surface area contributed by atoms with Crippen LogP contribution in [-0.4, -0.2) is 68.2 Å². The molecule has 1 rings (SSSR count). The largest absolute Gasteiger partial charge is 0.460 e. The zero-order valence-electron chi connectivity index (χ0n) is 24.2. The van der Waals surface area contributed by atoms with Gasteiger partial charge in [0.2, 0.25) is 11.8 Å². The van der Waals surface area contributed by atoms with E-state index in [9.17, 15) is 24.0 Å². The van der Waals surface area contributed by atoms with E-state index in [-0.39, 0.29) is 25.0 Å². The summed E-state index contributed by atoms with van der Waals surface area (Å²) in [6, 6.07) is 3.07. The minimum Gasteiger partial charge on any atom is -0.460 e. The van der Waals surface area contributed by atoms with Gasteiger partial charge in [0, 0.05) is 32.0 Å². The number of nitrogens with one attached hydrogen (secondary N) is 5. The lowest BCUT2D eigenvalue weighted by atomic mass is 9.97. The van der Waals surface area contributed by atoms with E-state index in [0.29, 0.717) is 31.9 Å². The first-order valence-corrected chi connectivity index (χ1v) is 13.3. The van der Waals surface area contributed by atoms with Crippen LogP contribution in [0.5, 0.6) is 0 Å². The van der Waals surface area contributed by atoms with E-state index in [1.165, 1.54) is 0 Å². The van der Waals surface area contributed by atoms with E-state index in [2.05, 4.69) is 26.6 Å². The summed E-state index contributed by atoms with van der Waals surface area (Å²) in [6.45, 7) is 11.9. The van der Waals surface area contributed by atoms with Gasteiger partial charge >= 0.3 is 18.0 Å². The Bertz CT molecular complexity index is 992. The Kier molecular flexibility index (Phi) is 14.5. The molecule has 0 bridgehead atoms. The Balaban J connectivity index is 2.82. The van der Waals surface area contributed by atoms with Crippen LogP contribution in [0.25, 0.3) is 0 Å².